The number of urea groups is 1. The topological polar surface area (TPSA) is 151 Å². The van der Waals surface area contributed by atoms with E-state index in [1.807, 2.05) is 51.1 Å². The van der Waals surface area contributed by atoms with Gasteiger partial charge in [0.25, 0.3) is 5.91 Å². The maximum Gasteiger partial charge on any atom is 0.315 e. The second-order valence-electron chi connectivity index (χ2n) is 12.7. The highest BCUT2D eigenvalue weighted by atomic mass is 32.2. The Labute approximate surface area is 275 Å². The van der Waals surface area contributed by atoms with E-state index >= 15 is 0 Å². The molecular formula is C35H40N6O5S. The Hall–Kier alpha value is -4.55. The van der Waals surface area contributed by atoms with Gasteiger partial charge in [-0.25, -0.2) is 17.9 Å². The molecule has 1 fully saturated rings. The van der Waals surface area contributed by atoms with E-state index < -0.39 is 28.1 Å². The van der Waals surface area contributed by atoms with E-state index in [1.54, 1.807) is 37.7 Å². The molecule has 246 valence electrons. The predicted octanol–water partition coefficient (Wildman–Crippen LogP) is 5.43. The average Bonchev–Trinajstić information content (AvgIpc) is 3.87. The number of fused-ring (bicyclic) bond motifs is 3. The van der Waals surface area contributed by atoms with Gasteiger partial charge >= 0.3 is 6.03 Å². The van der Waals surface area contributed by atoms with Crippen LogP contribution in [-0.4, -0.2) is 44.0 Å². The van der Waals surface area contributed by atoms with Crippen LogP contribution in [0.2, 0.25) is 0 Å². The van der Waals surface area contributed by atoms with Crippen LogP contribution in [-0.2, 0) is 10.0 Å². The molecule has 0 spiro atoms. The van der Waals surface area contributed by atoms with E-state index in [0.717, 1.165) is 29.7 Å². The molecule has 2 aliphatic carbocycles. The highest BCUT2D eigenvalue weighted by Crippen LogP contribution is 2.47. The number of aromatic nitrogens is 2. The fourth-order valence-electron chi connectivity index (χ4n) is 6.08. The normalized spacial score (nSPS) is 18.1. The third-order valence-corrected chi connectivity index (χ3v) is 10.2. The van der Waals surface area contributed by atoms with Gasteiger partial charge < -0.3 is 20.7 Å². The van der Waals surface area contributed by atoms with Crippen molar-refractivity contribution in [2.24, 2.45) is 5.92 Å². The summed E-state index contributed by atoms with van der Waals surface area (Å²) in [4.78, 5) is 35.8. The standard InChI is InChI=1S/C35H40N6O5S/c1-20(2)17-38-47(44,45)32-15-27-30(40-34(42)24-8-6-12-36-18-24)16-31(33(27)28-19-37-29(14-26(28)32)22-10-11-22)41-35(43)39-21(3)23-7-5-9-25(13-23)46-4/h5-9,12-15,18-22,30-31,38H,10-11,16-17H2,1-4H3,(H,40,42)(H2,39,41,43)/t21?,30-,31-/m1/s1. The molecular weight excluding hydrogens is 616 g/mol. The Morgan fingerprint density at radius 3 is 2.49 bits per heavy atom. The van der Waals surface area contributed by atoms with Gasteiger partial charge in [0.05, 0.1) is 35.7 Å². The number of benzene rings is 2. The number of amides is 3. The van der Waals surface area contributed by atoms with Crippen LogP contribution in [0.25, 0.3) is 10.8 Å². The van der Waals surface area contributed by atoms with Crippen molar-refractivity contribution in [2.75, 3.05) is 13.7 Å². The number of rotatable bonds is 11. The third-order valence-electron chi connectivity index (χ3n) is 8.72. The summed E-state index contributed by atoms with van der Waals surface area (Å²) in [5.74, 6) is 0.741. The number of carbonyl (C=O) groups is 2. The van der Waals surface area contributed by atoms with Gasteiger partial charge in [-0.05, 0) is 85.2 Å². The lowest BCUT2D eigenvalue weighted by molar-refractivity contribution is 0.0935. The molecule has 2 aromatic carbocycles. The highest BCUT2D eigenvalue weighted by molar-refractivity contribution is 7.89. The van der Waals surface area contributed by atoms with Gasteiger partial charge in [-0.3, -0.25) is 14.8 Å². The predicted molar refractivity (Wildman–Crippen MR) is 179 cm³/mol. The number of pyridine rings is 2. The zero-order valence-corrected chi connectivity index (χ0v) is 27.7. The smallest absolute Gasteiger partial charge is 0.315 e. The minimum Gasteiger partial charge on any atom is -0.497 e. The molecule has 2 heterocycles. The summed E-state index contributed by atoms with van der Waals surface area (Å²) in [5, 5.41) is 10.4. The summed E-state index contributed by atoms with van der Waals surface area (Å²) in [6.45, 7) is 6.05. The van der Waals surface area contributed by atoms with Crippen molar-refractivity contribution in [3.8, 4) is 5.75 Å². The molecule has 4 N–H and O–H groups in total. The fourth-order valence-corrected chi connectivity index (χ4v) is 7.52. The molecule has 2 aromatic heterocycles. The molecule has 0 aliphatic heterocycles. The summed E-state index contributed by atoms with van der Waals surface area (Å²) >= 11 is 0. The van der Waals surface area contributed by atoms with Crippen molar-refractivity contribution in [3.63, 3.8) is 0 Å². The monoisotopic (exact) mass is 656 g/mol. The number of methoxy groups -OCH3 is 1. The number of hydrogen-bond donors (Lipinski definition) is 4. The van der Waals surface area contributed by atoms with Crippen molar-refractivity contribution in [1.82, 2.24) is 30.6 Å². The van der Waals surface area contributed by atoms with Crippen LogP contribution in [0.3, 0.4) is 0 Å². The first kappa shape index (κ1) is 32.4. The summed E-state index contributed by atoms with van der Waals surface area (Å²) in [6, 6.07) is 12.5. The van der Waals surface area contributed by atoms with Crippen molar-refractivity contribution < 1.29 is 22.7 Å². The molecule has 12 heteroatoms. The Morgan fingerprint density at radius 1 is 0.979 bits per heavy atom. The van der Waals surface area contributed by atoms with Crippen LogP contribution >= 0.6 is 0 Å². The minimum absolute atomic E-state index is 0.104. The second kappa shape index (κ2) is 13.3. The van der Waals surface area contributed by atoms with Crippen LogP contribution < -0.4 is 25.4 Å². The van der Waals surface area contributed by atoms with Crippen molar-refractivity contribution in [1.29, 1.82) is 0 Å². The van der Waals surface area contributed by atoms with Gasteiger partial charge in [0, 0.05) is 47.5 Å². The highest BCUT2D eigenvalue weighted by Gasteiger charge is 2.38. The first-order chi connectivity index (χ1) is 22.5. The lowest BCUT2D eigenvalue weighted by Crippen LogP contribution is -2.39. The summed E-state index contributed by atoms with van der Waals surface area (Å²) in [7, 11) is -2.34. The molecule has 1 unspecified atom stereocenters. The summed E-state index contributed by atoms with van der Waals surface area (Å²) in [6.07, 6.45) is 7.11. The van der Waals surface area contributed by atoms with Gasteiger partial charge in [-0.1, -0.05) is 26.0 Å². The van der Waals surface area contributed by atoms with Gasteiger partial charge in [0.15, 0.2) is 0 Å². The first-order valence-electron chi connectivity index (χ1n) is 15.9. The lowest BCUT2D eigenvalue weighted by atomic mass is 9.98. The molecule has 0 bridgehead atoms. The zero-order chi connectivity index (χ0) is 33.3. The molecule has 1 saturated carbocycles. The number of nitrogens with zero attached hydrogens (tertiary/aromatic N) is 2. The van der Waals surface area contributed by atoms with Crippen molar-refractivity contribution in [2.45, 2.75) is 69.0 Å². The summed E-state index contributed by atoms with van der Waals surface area (Å²) in [5.41, 5.74) is 3.45. The van der Waals surface area contributed by atoms with Gasteiger partial charge in [-0.15, -0.1) is 0 Å². The Kier molecular flexibility index (Phi) is 9.16. The maximum absolute atomic E-state index is 13.8. The average molecular weight is 657 g/mol. The zero-order valence-electron chi connectivity index (χ0n) is 26.9. The molecule has 2 aliphatic rings. The van der Waals surface area contributed by atoms with E-state index in [2.05, 4.69) is 25.7 Å². The number of carbonyl (C=O) groups excluding carboxylic acids is 2. The number of ether oxygens (including phenoxy) is 1. The second-order valence-corrected chi connectivity index (χ2v) is 14.5. The Balaban J connectivity index is 1.40. The quantitative estimate of drug-likeness (QED) is 0.168. The molecule has 0 saturated heterocycles. The number of hydrogen-bond acceptors (Lipinski definition) is 7. The Bertz CT molecular complexity index is 1910. The fraction of sp³-hybridized carbons (Fsp3) is 0.371. The number of nitrogens with one attached hydrogen (secondary N) is 4. The van der Waals surface area contributed by atoms with E-state index in [0.29, 0.717) is 40.0 Å². The van der Waals surface area contributed by atoms with Crippen LogP contribution in [0.1, 0.15) is 96.8 Å². The maximum atomic E-state index is 13.8. The molecule has 47 heavy (non-hydrogen) atoms. The third kappa shape index (κ3) is 7.08. The van der Waals surface area contributed by atoms with Crippen molar-refractivity contribution >= 4 is 32.7 Å². The van der Waals surface area contributed by atoms with Crippen LogP contribution in [0.15, 0.2) is 72.0 Å². The SMILES string of the molecule is COc1cccc(C(C)NC(=O)N[C@@H]2C[C@@H](NC(=O)c3cccnc3)c3cc(S(=O)(=O)NCC(C)C)c4cc(C5CC5)ncc4c32)c1. The lowest BCUT2D eigenvalue weighted by Gasteiger charge is -2.21. The first-order valence-corrected chi connectivity index (χ1v) is 17.4. The molecule has 11 nitrogen and oxygen atoms in total. The molecule has 3 amide bonds. The molecule has 0 radical (unpaired) electrons. The Morgan fingerprint density at radius 2 is 1.79 bits per heavy atom. The molecule has 4 aromatic rings. The largest absolute Gasteiger partial charge is 0.497 e. The van der Waals surface area contributed by atoms with E-state index in [4.69, 9.17) is 9.72 Å². The minimum atomic E-state index is -3.93. The molecule has 6 rings (SSSR count). The van der Waals surface area contributed by atoms with Crippen LogP contribution in [0.4, 0.5) is 4.79 Å². The van der Waals surface area contributed by atoms with Gasteiger partial charge in [0.1, 0.15) is 5.75 Å². The van der Waals surface area contributed by atoms with Crippen molar-refractivity contribution in [3.05, 3.63) is 95.1 Å². The van der Waals surface area contributed by atoms with E-state index in [9.17, 15) is 18.0 Å². The van der Waals surface area contributed by atoms with E-state index in [-0.39, 0.29) is 29.3 Å². The molecule has 3 atom stereocenters. The summed E-state index contributed by atoms with van der Waals surface area (Å²) < 4.78 is 35.8. The van der Waals surface area contributed by atoms with Crippen LogP contribution in [0, 0.1) is 5.92 Å². The van der Waals surface area contributed by atoms with Gasteiger partial charge in [0.2, 0.25) is 10.0 Å². The van der Waals surface area contributed by atoms with Gasteiger partial charge in [-0.2, -0.15) is 0 Å². The van der Waals surface area contributed by atoms with E-state index in [1.165, 1.54) is 6.20 Å². The van der Waals surface area contributed by atoms with Crippen LogP contribution in [0.5, 0.6) is 5.75 Å². The number of sulfonamides is 1.